The van der Waals surface area contributed by atoms with Crippen molar-refractivity contribution in [3.63, 3.8) is 0 Å². The Kier molecular flexibility index (Phi) is 3.25. The topological polar surface area (TPSA) is 64.3 Å². The average Bonchev–Trinajstić information content (AvgIpc) is 2.97. The lowest BCUT2D eigenvalue weighted by molar-refractivity contribution is 0.0701. The molecule has 20 heavy (non-hydrogen) atoms. The smallest absolute Gasteiger partial charge is 0.346 e. The molecule has 2 aromatic heterocycles. The highest BCUT2D eigenvalue weighted by Crippen LogP contribution is 2.47. The minimum atomic E-state index is -0.872. The van der Waals surface area contributed by atoms with Crippen molar-refractivity contribution in [3.05, 3.63) is 22.2 Å². The lowest BCUT2D eigenvalue weighted by atomic mass is 9.92. The molecule has 0 spiro atoms. The van der Waals surface area contributed by atoms with Crippen LogP contribution in [0.3, 0.4) is 0 Å². The quantitative estimate of drug-likeness (QED) is 0.941. The van der Waals surface area contributed by atoms with E-state index in [2.05, 4.69) is 5.10 Å². The van der Waals surface area contributed by atoms with Gasteiger partial charge in [0, 0.05) is 7.05 Å². The van der Waals surface area contributed by atoms with E-state index in [4.69, 9.17) is 4.74 Å². The van der Waals surface area contributed by atoms with Gasteiger partial charge in [-0.1, -0.05) is 18.3 Å². The minimum absolute atomic E-state index is 0.401. The van der Waals surface area contributed by atoms with Crippen LogP contribution in [0.4, 0.5) is 0 Å². The van der Waals surface area contributed by atoms with Crippen LogP contribution in [-0.4, -0.2) is 27.5 Å². The van der Waals surface area contributed by atoms with E-state index in [1.165, 1.54) is 11.3 Å². The normalized spacial score (nSPS) is 12.9. The van der Waals surface area contributed by atoms with Crippen LogP contribution in [0, 0.1) is 0 Å². The van der Waals surface area contributed by atoms with Gasteiger partial charge in [0.15, 0.2) is 5.06 Å². The number of carboxylic acids is 1. The summed E-state index contributed by atoms with van der Waals surface area (Å²) in [6.07, 6.45) is 4.33. The van der Waals surface area contributed by atoms with Crippen LogP contribution in [0.1, 0.15) is 34.1 Å². The summed E-state index contributed by atoms with van der Waals surface area (Å²) in [6, 6.07) is 0. The van der Waals surface area contributed by atoms with E-state index in [1.807, 2.05) is 24.9 Å². The average molecular weight is 292 g/mol. The number of fused-ring (bicyclic) bond motifs is 3. The second-order valence-corrected chi connectivity index (χ2v) is 5.85. The molecular formula is C14H16N2O3S. The first-order chi connectivity index (χ1) is 9.63. The first kappa shape index (κ1) is 13.2. The third-order valence-electron chi connectivity index (χ3n) is 3.50. The molecule has 0 unspecified atom stereocenters. The van der Waals surface area contributed by atoms with Gasteiger partial charge in [-0.15, -0.1) is 0 Å². The highest BCUT2D eigenvalue weighted by molar-refractivity contribution is 7.16. The van der Waals surface area contributed by atoms with Crippen LogP contribution >= 0.6 is 11.3 Å². The van der Waals surface area contributed by atoms with Gasteiger partial charge in [0.25, 0.3) is 0 Å². The second kappa shape index (κ2) is 4.94. The summed E-state index contributed by atoms with van der Waals surface area (Å²) in [6.45, 7) is 2.63. The first-order valence-electron chi connectivity index (χ1n) is 6.66. The fourth-order valence-electron chi connectivity index (χ4n) is 2.64. The number of aromatic nitrogens is 2. The highest BCUT2D eigenvalue weighted by atomic mass is 32.1. The van der Waals surface area contributed by atoms with Gasteiger partial charge in [-0.3, -0.25) is 4.68 Å². The summed E-state index contributed by atoms with van der Waals surface area (Å²) in [5.41, 5.74) is 3.99. The van der Waals surface area contributed by atoms with E-state index in [-0.39, 0.29) is 0 Å². The van der Waals surface area contributed by atoms with Gasteiger partial charge < -0.3 is 9.84 Å². The van der Waals surface area contributed by atoms with Crippen LogP contribution in [0.15, 0.2) is 6.20 Å². The number of carbonyl (C=O) groups is 1. The van der Waals surface area contributed by atoms with E-state index in [0.717, 1.165) is 41.6 Å². The maximum absolute atomic E-state index is 11.4. The fraction of sp³-hybridized carbons (Fsp3) is 0.429. The summed E-state index contributed by atoms with van der Waals surface area (Å²) >= 11 is 1.24. The third-order valence-corrected chi connectivity index (χ3v) is 4.63. The van der Waals surface area contributed by atoms with Crippen molar-refractivity contribution >= 4 is 17.3 Å². The van der Waals surface area contributed by atoms with Gasteiger partial charge in [-0.05, 0) is 30.4 Å². The van der Waals surface area contributed by atoms with Gasteiger partial charge in [0.2, 0.25) is 0 Å². The number of ether oxygens (including phenoxy) is 1. The number of hydrogen-bond acceptors (Lipinski definition) is 4. The number of nitrogens with zero attached hydrogens (tertiary/aromatic N) is 2. The van der Waals surface area contributed by atoms with Gasteiger partial charge in [-0.2, -0.15) is 5.10 Å². The zero-order valence-electron chi connectivity index (χ0n) is 11.5. The predicted octanol–water partition coefficient (Wildman–Crippen LogP) is 2.73. The molecule has 0 aliphatic heterocycles. The van der Waals surface area contributed by atoms with Crippen LogP contribution in [0.25, 0.3) is 11.3 Å². The molecule has 0 amide bonds. The number of rotatable bonds is 4. The van der Waals surface area contributed by atoms with E-state index >= 15 is 0 Å². The van der Waals surface area contributed by atoms with Crippen LogP contribution < -0.4 is 4.74 Å². The molecule has 6 heteroatoms. The first-order valence-corrected chi connectivity index (χ1v) is 7.48. The van der Waals surface area contributed by atoms with E-state index < -0.39 is 5.97 Å². The molecule has 0 saturated carbocycles. The molecule has 0 fully saturated rings. The van der Waals surface area contributed by atoms with Crippen molar-refractivity contribution in [1.29, 1.82) is 0 Å². The van der Waals surface area contributed by atoms with Crippen LogP contribution in [0.2, 0.25) is 0 Å². The molecule has 2 heterocycles. The molecule has 2 aromatic rings. The van der Waals surface area contributed by atoms with Gasteiger partial charge >= 0.3 is 5.97 Å². The summed E-state index contributed by atoms with van der Waals surface area (Å²) in [4.78, 5) is 11.8. The van der Waals surface area contributed by atoms with Crippen molar-refractivity contribution in [2.45, 2.75) is 26.2 Å². The third kappa shape index (κ3) is 1.91. The number of thiophene rings is 1. The zero-order valence-corrected chi connectivity index (χ0v) is 12.3. The molecule has 0 radical (unpaired) electrons. The highest BCUT2D eigenvalue weighted by Gasteiger charge is 2.31. The molecular weight excluding hydrogens is 276 g/mol. The summed E-state index contributed by atoms with van der Waals surface area (Å²) in [5.74, 6) is -0.872. The minimum Gasteiger partial charge on any atom is -0.483 e. The number of hydrogen-bond donors (Lipinski definition) is 1. The van der Waals surface area contributed by atoms with Crippen molar-refractivity contribution in [1.82, 2.24) is 9.78 Å². The molecule has 106 valence electrons. The Morgan fingerprint density at radius 1 is 1.55 bits per heavy atom. The summed E-state index contributed by atoms with van der Waals surface area (Å²) < 4.78 is 7.59. The molecule has 1 N–H and O–H groups in total. The second-order valence-electron chi connectivity index (χ2n) is 4.87. The maximum atomic E-state index is 11.4. The molecule has 0 aromatic carbocycles. The summed E-state index contributed by atoms with van der Waals surface area (Å²) in [5, 5.41) is 14.4. The maximum Gasteiger partial charge on any atom is 0.346 e. The Morgan fingerprint density at radius 2 is 2.35 bits per heavy atom. The SMILES string of the molecule is CCCOc1sc(C(=O)O)c2c1-c1c(cnn1C)CC2. The Labute approximate surface area is 120 Å². The molecule has 0 saturated heterocycles. The predicted molar refractivity (Wildman–Crippen MR) is 76.7 cm³/mol. The van der Waals surface area contributed by atoms with Gasteiger partial charge in [-0.25, -0.2) is 4.79 Å². The van der Waals surface area contributed by atoms with E-state index in [1.54, 1.807) is 0 Å². The van der Waals surface area contributed by atoms with Crippen molar-refractivity contribution in [2.24, 2.45) is 7.05 Å². The van der Waals surface area contributed by atoms with Crippen molar-refractivity contribution in [2.75, 3.05) is 6.61 Å². The lowest BCUT2D eigenvalue weighted by Crippen LogP contribution is -2.08. The lowest BCUT2D eigenvalue weighted by Gasteiger charge is -2.15. The number of carboxylic acid groups (broad SMARTS) is 1. The number of aromatic carboxylic acids is 1. The van der Waals surface area contributed by atoms with E-state index in [9.17, 15) is 9.90 Å². The Bertz CT molecular complexity index is 672. The summed E-state index contributed by atoms with van der Waals surface area (Å²) in [7, 11) is 1.88. The molecule has 1 aliphatic rings. The van der Waals surface area contributed by atoms with Crippen LogP contribution in [0.5, 0.6) is 5.06 Å². The largest absolute Gasteiger partial charge is 0.483 e. The molecule has 3 rings (SSSR count). The van der Waals surface area contributed by atoms with Crippen molar-refractivity contribution < 1.29 is 14.6 Å². The van der Waals surface area contributed by atoms with Crippen LogP contribution in [-0.2, 0) is 19.9 Å². The van der Waals surface area contributed by atoms with Gasteiger partial charge in [0.05, 0.1) is 24.1 Å². The Balaban J connectivity index is 2.19. The Hall–Kier alpha value is -1.82. The standard InChI is InChI=1S/C14H16N2O3S/c1-3-6-19-14-10-9(12(20-14)13(17)18)5-4-8-7-15-16(2)11(8)10/h7H,3-6H2,1-2H3,(H,17,18). The fourth-order valence-corrected chi connectivity index (χ4v) is 3.70. The zero-order chi connectivity index (χ0) is 14.3. The van der Waals surface area contributed by atoms with Crippen molar-refractivity contribution in [3.8, 4) is 16.3 Å². The van der Waals surface area contributed by atoms with Gasteiger partial charge in [0.1, 0.15) is 4.88 Å². The monoisotopic (exact) mass is 292 g/mol. The van der Waals surface area contributed by atoms with E-state index in [0.29, 0.717) is 16.5 Å². The molecule has 0 bridgehead atoms. The molecule has 5 nitrogen and oxygen atoms in total. The molecule has 1 aliphatic carbocycles. The number of aryl methyl sites for hydroxylation is 2. The Morgan fingerprint density at radius 3 is 3.05 bits per heavy atom. The molecule has 0 atom stereocenters.